The van der Waals surface area contributed by atoms with Crippen LogP contribution in [0.15, 0.2) is 27.9 Å². The number of furan rings is 1. The summed E-state index contributed by atoms with van der Waals surface area (Å²) in [6.45, 7) is 2.39. The summed E-state index contributed by atoms with van der Waals surface area (Å²) < 4.78 is 30.0. The molecule has 0 bridgehead atoms. The predicted molar refractivity (Wildman–Crippen MR) is 50.3 cm³/mol. The van der Waals surface area contributed by atoms with Crippen LogP contribution in [-0.4, -0.2) is 38.9 Å². The smallest absolute Gasteiger partial charge is 0.276 e. The molecule has 14 heavy (non-hydrogen) atoms. The highest BCUT2D eigenvalue weighted by atomic mass is 32.2. The number of nitrogens with zero attached hydrogens (tertiary/aromatic N) is 1. The van der Waals surface area contributed by atoms with E-state index in [1.807, 2.05) is 0 Å². The van der Waals surface area contributed by atoms with Gasteiger partial charge in [0.2, 0.25) is 5.09 Å². The third kappa shape index (κ3) is 1.68. The van der Waals surface area contributed by atoms with Gasteiger partial charge in [-0.15, -0.1) is 0 Å². The molecule has 2 rings (SSSR count). The molecule has 1 N–H and O–H groups in total. The molecular weight excluding hydrogens is 204 g/mol. The zero-order valence-electron chi connectivity index (χ0n) is 7.64. The largest absolute Gasteiger partial charge is 0.452 e. The molecule has 6 heteroatoms. The third-order valence-electron chi connectivity index (χ3n) is 2.17. The van der Waals surface area contributed by atoms with Crippen LogP contribution in [0.2, 0.25) is 0 Å². The summed E-state index contributed by atoms with van der Waals surface area (Å²) in [5, 5.41) is 3.12. The second-order valence-corrected chi connectivity index (χ2v) is 4.96. The summed E-state index contributed by atoms with van der Waals surface area (Å²) >= 11 is 0. The highest BCUT2D eigenvalue weighted by Gasteiger charge is 2.27. The van der Waals surface area contributed by atoms with Gasteiger partial charge in [0.05, 0.1) is 6.26 Å². The van der Waals surface area contributed by atoms with E-state index >= 15 is 0 Å². The number of hydrogen-bond donors (Lipinski definition) is 1. The molecule has 0 amide bonds. The van der Waals surface area contributed by atoms with E-state index in [9.17, 15) is 8.42 Å². The zero-order chi connectivity index (χ0) is 10.0. The molecule has 1 saturated heterocycles. The summed E-state index contributed by atoms with van der Waals surface area (Å²) in [7, 11) is -3.39. The lowest BCUT2D eigenvalue weighted by Gasteiger charge is -2.25. The van der Waals surface area contributed by atoms with Crippen LogP contribution >= 0.6 is 0 Å². The summed E-state index contributed by atoms with van der Waals surface area (Å²) in [5.41, 5.74) is 0. The Balaban J connectivity index is 2.23. The maximum Gasteiger partial charge on any atom is 0.276 e. The van der Waals surface area contributed by atoms with E-state index in [1.165, 1.54) is 16.6 Å². The first-order valence-corrected chi connectivity index (χ1v) is 5.89. The predicted octanol–water partition coefficient (Wildman–Crippen LogP) is -0.126. The van der Waals surface area contributed by atoms with E-state index < -0.39 is 10.0 Å². The monoisotopic (exact) mass is 216 g/mol. The average Bonchev–Trinajstić information content (AvgIpc) is 2.72. The van der Waals surface area contributed by atoms with Crippen LogP contribution in [0, 0.1) is 0 Å². The molecule has 0 spiro atoms. The molecule has 1 aliphatic rings. The van der Waals surface area contributed by atoms with Crippen molar-refractivity contribution in [2.75, 3.05) is 26.2 Å². The Bertz CT molecular complexity index is 379. The van der Waals surface area contributed by atoms with Crippen molar-refractivity contribution in [1.82, 2.24) is 9.62 Å². The molecule has 0 radical (unpaired) electrons. The quantitative estimate of drug-likeness (QED) is 0.748. The Kier molecular flexibility index (Phi) is 2.58. The number of rotatable bonds is 2. The first-order chi connectivity index (χ1) is 6.71. The third-order valence-corrected chi connectivity index (χ3v) is 3.95. The van der Waals surface area contributed by atoms with Crippen LogP contribution in [0.5, 0.6) is 0 Å². The highest BCUT2D eigenvalue weighted by Crippen LogP contribution is 2.15. The fourth-order valence-corrected chi connectivity index (χ4v) is 2.77. The molecule has 1 aromatic rings. The van der Waals surface area contributed by atoms with E-state index in [2.05, 4.69) is 5.32 Å². The molecule has 0 atom stereocenters. The minimum atomic E-state index is -3.39. The van der Waals surface area contributed by atoms with E-state index in [1.54, 1.807) is 6.07 Å². The number of piperazine rings is 1. The van der Waals surface area contributed by atoms with Crippen LogP contribution in [0.4, 0.5) is 0 Å². The molecule has 78 valence electrons. The van der Waals surface area contributed by atoms with Gasteiger partial charge in [-0.2, -0.15) is 4.31 Å². The summed E-state index contributed by atoms with van der Waals surface area (Å²) in [4.78, 5) is 0. The van der Waals surface area contributed by atoms with Crippen molar-refractivity contribution in [3.63, 3.8) is 0 Å². The number of hydrogen-bond acceptors (Lipinski definition) is 4. The van der Waals surface area contributed by atoms with Gasteiger partial charge in [0.15, 0.2) is 0 Å². The molecule has 1 fully saturated rings. The standard InChI is InChI=1S/C8H12N2O3S/c11-14(12,8-2-1-7-13-8)10-5-3-9-4-6-10/h1-2,7,9H,3-6H2. The van der Waals surface area contributed by atoms with Crippen LogP contribution in [0.25, 0.3) is 0 Å². The van der Waals surface area contributed by atoms with Crippen LogP contribution in [-0.2, 0) is 10.0 Å². The lowest BCUT2D eigenvalue weighted by atomic mass is 10.4. The minimum absolute atomic E-state index is 0.0272. The summed E-state index contributed by atoms with van der Waals surface area (Å²) in [6, 6.07) is 3.05. The van der Waals surface area contributed by atoms with Crippen LogP contribution in [0.1, 0.15) is 0 Å². The molecule has 0 saturated carbocycles. The SMILES string of the molecule is O=S(=O)(c1ccco1)N1CCNCC1. The van der Waals surface area contributed by atoms with Gasteiger partial charge in [0.25, 0.3) is 10.0 Å². The van der Waals surface area contributed by atoms with Gasteiger partial charge in [-0.05, 0) is 12.1 Å². The van der Waals surface area contributed by atoms with Crippen molar-refractivity contribution < 1.29 is 12.8 Å². The first-order valence-electron chi connectivity index (χ1n) is 4.45. The first kappa shape index (κ1) is 9.70. The molecule has 5 nitrogen and oxygen atoms in total. The summed E-state index contributed by atoms with van der Waals surface area (Å²) in [6.07, 6.45) is 1.37. The summed E-state index contributed by atoms with van der Waals surface area (Å²) in [5.74, 6) is 0. The second-order valence-electron chi connectivity index (χ2n) is 3.09. The van der Waals surface area contributed by atoms with Gasteiger partial charge in [-0.25, -0.2) is 8.42 Å². The van der Waals surface area contributed by atoms with Crippen molar-refractivity contribution in [2.45, 2.75) is 5.09 Å². The highest BCUT2D eigenvalue weighted by molar-refractivity contribution is 7.89. The average molecular weight is 216 g/mol. The molecule has 2 heterocycles. The van der Waals surface area contributed by atoms with Crippen molar-refractivity contribution >= 4 is 10.0 Å². The Morgan fingerprint density at radius 2 is 2.07 bits per heavy atom. The Morgan fingerprint density at radius 3 is 2.64 bits per heavy atom. The van der Waals surface area contributed by atoms with Gasteiger partial charge < -0.3 is 9.73 Å². The fourth-order valence-electron chi connectivity index (χ4n) is 1.42. The van der Waals surface area contributed by atoms with Crippen LogP contribution < -0.4 is 5.32 Å². The van der Waals surface area contributed by atoms with Crippen molar-refractivity contribution in [3.8, 4) is 0 Å². The molecule has 0 unspecified atom stereocenters. The Hall–Kier alpha value is -0.850. The normalized spacial score (nSPS) is 19.7. The van der Waals surface area contributed by atoms with Crippen LogP contribution in [0.3, 0.4) is 0 Å². The van der Waals surface area contributed by atoms with E-state index in [4.69, 9.17) is 4.42 Å². The lowest BCUT2D eigenvalue weighted by Crippen LogP contribution is -2.46. The zero-order valence-corrected chi connectivity index (χ0v) is 8.46. The molecule has 1 aliphatic heterocycles. The van der Waals surface area contributed by atoms with Gasteiger partial charge in [-0.3, -0.25) is 0 Å². The molecule has 0 aliphatic carbocycles. The molecule has 0 aromatic carbocycles. The molecule has 1 aromatic heterocycles. The van der Waals surface area contributed by atoms with Crippen molar-refractivity contribution in [3.05, 3.63) is 18.4 Å². The van der Waals surface area contributed by atoms with Gasteiger partial charge in [0, 0.05) is 26.2 Å². The maximum atomic E-state index is 11.9. The van der Waals surface area contributed by atoms with Crippen molar-refractivity contribution in [1.29, 1.82) is 0 Å². The van der Waals surface area contributed by atoms with Gasteiger partial charge in [-0.1, -0.05) is 0 Å². The van der Waals surface area contributed by atoms with Crippen molar-refractivity contribution in [2.24, 2.45) is 0 Å². The topological polar surface area (TPSA) is 62.6 Å². The Morgan fingerprint density at radius 1 is 1.36 bits per heavy atom. The second kappa shape index (κ2) is 3.72. The maximum absolute atomic E-state index is 11.9. The van der Waals surface area contributed by atoms with E-state index in [0.29, 0.717) is 26.2 Å². The number of sulfonamides is 1. The molecular formula is C8H12N2O3S. The van der Waals surface area contributed by atoms with Gasteiger partial charge in [0.1, 0.15) is 0 Å². The fraction of sp³-hybridized carbons (Fsp3) is 0.500. The minimum Gasteiger partial charge on any atom is -0.452 e. The van der Waals surface area contributed by atoms with E-state index in [0.717, 1.165) is 0 Å². The lowest BCUT2D eigenvalue weighted by molar-refractivity contribution is 0.343. The van der Waals surface area contributed by atoms with E-state index in [-0.39, 0.29) is 5.09 Å². The Labute approximate surface area is 82.8 Å². The number of nitrogens with one attached hydrogen (secondary N) is 1. The van der Waals surface area contributed by atoms with Gasteiger partial charge >= 0.3 is 0 Å².